The van der Waals surface area contributed by atoms with Crippen LogP contribution in [0, 0.1) is 0 Å². The molecule has 5 rings (SSSR count). The Hall–Kier alpha value is -2.67. The average Bonchev–Trinajstić information content (AvgIpc) is 3.42. The Morgan fingerprint density at radius 1 is 1.25 bits per heavy atom. The molecule has 3 aromatic rings. The molecule has 6 heteroatoms. The molecule has 2 bridgehead atoms. The van der Waals surface area contributed by atoms with Crippen LogP contribution in [0.25, 0.3) is 17.0 Å². The van der Waals surface area contributed by atoms with E-state index in [0.29, 0.717) is 24.5 Å². The van der Waals surface area contributed by atoms with E-state index in [-0.39, 0.29) is 0 Å². The molecule has 3 atom stereocenters. The fraction of sp³-hybridized carbons (Fsp3) is 0.423. The Kier molecular flexibility index (Phi) is 6.26. The van der Waals surface area contributed by atoms with Crippen molar-refractivity contribution in [2.75, 3.05) is 13.7 Å². The summed E-state index contributed by atoms with van der Waals surface area (Å²) in [4.78, 5) is 6.83. The molecule has 2 fully saturated rings. The van der Waals surface area contributed by atoms with Crippen LogP contribution in [-0.4, -0.2) is 53.0 Å². The fourth-order valence-corrected chi connectivity index (χ4v) is 5.45. The van der Waals surface area contributed by atoms with Crippen LogP contribution in [0.1, 0.15) is 37.0 Å². The molecule has 1 aromatic carbocycles. The van der Waals surface area contributed by atoms with Crippen LogP contribution in [0.4, 0.5) is 0 Å². The Labute approximate surface area is 188 Å². The summed E-state index contributed by atoms with van der Waals surface area (Å²) >= 11 is 0. The van der Waals surface area contributed by atoms with E-state index in [1.807, 2.05) is 48.7 Å². The van der Waals surface area contributed by atoms with E-state index in [1.54, 1.807) is 13.4 Å². The lowest BCUT2D eigenvalue weighted by molar-refractivity contribution is -0.0509. The van der Waals surface area contributed by atoms with Crippen LogP contribution >= 0.6 is 0 Å². The number of nitrogens with zero attached hydrogens (tertiary/aromatic N) is 2. The second-order valence-corrected chi connectivity index (χ2v) is 8.86. The fourth-order valence-electron chi connectivity index (χ4n) is 5.45. The van der Waals surface area contributed by atoms with E-state index >= 15 is 0 Å². The zero-order chi connectivity index (χ0) is 21.9. The molecule has 6 nitrogen and oxygen atoms in total. The number of methoxy groups -OCH3 is 1. The molecule has 0 aliphatic carbocycles. The molecule has 4 heterocycles. The van der Waals surface area contributed by atoms with Crippen LogP contribution in [0.15, 0.2) is 59.4 Å². The quantitative estimate of drug-likeness (QED) is 0.560. The molecule has 3 unspecified atom stereocenters. The van der Waals surface area contributed by atoms with E-state index in [4.69, 9.17) is 9.15 Å². The first-order chi connectivity index (χ1) is 15.7. The Morgan fingerprint density at radius 3 is 2.84 bits per heavy atom. The molecule has 2 N–H and O–H groups in total. The van der Waals surface area contributed by atoms with Gasteiger partial charge in [-0.25, -0.2) is 0 Å². The number of fused-ring (bicyclic) bond motifs is 3. The van der Waals surface area contributed by atoms with Gasteiger partial charge in [-0.3, -0.25) is 9.88 Å². The van der Waals surface area contributed by atoms with Crippen molar-refractivity contribution in [3.63, 3.8) is 0 Å². The van der Waals surface area contributed by atoms with Crippen molar-refractivity contribution in [3.05, 3.63) is 66.3 Å². The predicted octanol–water partition coefficient (Wildman–Crippen LogP) is 4.00. The number of furan rings is 1. The molecule has 0 spiro atoms. The maximum absolute atomic E-state index is 11.2. The molecule has 0 amide bonds. The second-order valence-electron chi connectivity index (χ2n) is 8.86. The normalized spacial score (nSPS) is 24.4. The highest BCUT2D eigenvalue weighted by Crippen LogP contribution is 2.38. The highest BCUT2D eigenvalue weighted by Gasteiger charge is 2.43. The van der Waals surface area contributed by atoms with E-state index in [0.717, 1.165) is 60.2 Å². The predicted molar refractivity (Wildman–Crippen MR) is 125 cm³/mol. The number of rotatable bonds is 8. The Morgan fingerprint density at radius 2 is 2.09 bits per heavy atom. The molecule has 2 aliphatic heterocycles. The van der Waals surface area contributed by atoms with Crippen molar-refractivity contribution in [2.45, 2.75) is 56.5 Å². The molecule has 168 valence electrons. The monoisotopic (exact) mass is 433 g/mol. The molecule has 2 saturated heterocycles. The summed E-state index contributed by atoms with van der Waals surface area (Å²) in [6.45, 7) is 0.832. The minimum Gasteiger partial charge on any atom is -0.497 e. The van der Waals surface area contributed by atoms with Crippen LogP contribution in [0.2, 0.25) is 0 Å². The van der Waals surface area contributed by atoms with E-state index < -0.39 is 6.23 Å². The minimum absolute atomic E-state index is 0.429. The van der Waals surface area contributed by atoms with Crippen molar-refractivity contribution in [2.24, 2.45) is 0 Å². The van der Waals surface area contributed by atoms with E-state index in [1.165, 1.54) is 0 Å². The topological polar surface area (TPSA) is 70.8 Å². The van der Waals surface area contributed by atoms with Gasteiger partial charge >= 0.3 is 0 Å². The molecule has 2 aliphatic rings. The first kappa shape index (κ1) is 21.2. The lowest BCUT2D eigenvalue weighted by Crippen LogP contribution is -2.53. The largest absolute Gasteiger partial charge is 0.497 e. The van der Waals surface area contributed by atoms with Gasteiger partial charge in [0.05, 0.1) is 18.9 Å². The number of nitrogens with one attached hydrogen (secondary N) is 1. The minimum atomic E-state index is -0.482. The van der Waals surface area contributed by atoms with Gasteiger partial charge in [0.15, 0.2) is 0 Å². The number of ether oxygens (including phenoxy) is 1. The van der Waals surface area contributed by atoms with Crippen molar-refractivity contribution in [3.8, 4) is 5.75 Å². The summed E-state index contributed by atoms with van der Waals surface area (Å²) < 4.78 is 10.7. The van der Waals surface area contributed by atoms with Crippen LogP contribution in [0.3, 0.4) is 0 Å². The first-order valence-corrected chi connectivity index (χ1v) is 11.5. The van der Waals surface area contributed by atoms with Gasteiger partial charge in [-0.1, -0.05) is 6.08 Å². The molecular formula is C26H31N3O3. The van der Waals surface area contributed by atoms with Crippen molar-refractivity contribution in [1.82, 2.24) is 15.2 Å². The third kappa shape index (κ3) is 4.44. The SMILES string of the molecule is COc1ccc2nccc(CC(O)N3C4CCC3CC(NCC=Cc3ccco3)C4)c2c1. The molecular weight excluding hydrogens is 402 g/mol. The summed E-state index contributed by atoms with van der Waals surface area (Å²) in [6, 6.07) is 13.1. The maximum Gasteiger partial charge on any atom is 0.126 e. The summed E-state index contributed by atoms with van der Waals surface area (Å²) in [7, 11) is 1.68. The summed E-state index contributed by atoms with van der Waals surface area (Å²) in [5.74, 6) is 1.69. The maximum atomic E-state index is 11.2. The van der Waals surface area contributed by atoms with Crippen molar-refractivity contribution < 1.29 is 14.3 Å². The van der Waals surface area contributed by atoms with Crippen molar-refractivity contribution >= 4 is 17.0 Å². The van der Waals surface area contributed by atoms with Gasteiger partial charge < -0.3 is 19.6 Å². The number of pyridine rings is 1. The molecule has 32 heavy (non-hydrogen) atoms. The lowest BCUT2D eigenvalue weighted by Gasteiger charge is -2.42. The Bertz CT molecular complexity index is 1050. The van der Waals surface area contributed by atoms with Gasteiger partial charge in [0.2, 0.25) is 0 Å². The molecule has 0 radical (unpaired) electrons. The van der Waals surface area contributed by atoms with Crippen LogP contribution < -0.4 is 10.1 Å². The summed E-state index contributed by atoms with van der Waals surface area (Å²) in [5.41, 5.74) is 2.05. The van der Waals surface area contributed by atoms with E-state index in [2.05, 4.69) is 21.3 Å². The second kappa shape index (κ2) is 9.45. The highest BCUT2D eigenvalue weighted by atomic mass is 16.5. The summed E-state index contributed by atoms with van der Waals surface area (Å²) in [6.07, 6.45) is 12.2. The number of piperidine rings is 1. The average molecular weight is 434 g/mol. The van der Waals surface area contributed by atoms with Gasteiger partial charge in [0.25, 0.3) is 0 Å². The number of hydrogen-bond acceptors (Lipinski definition) is 6. The molecule has 2 aromatic heterocycles. The summed E-state index contributed by atoms with van der Waals surface area (Å²) in [5, 5.41) is 16.0. The molecule has 0 saturated carbocycles. The standard InChI is InChI=1S/C26H31N3O3/c1-31-23-8-9-25-24(17-23)18(10-12-28-25)14-26(30)29-20-6-7-21(29)16-19(15-20)27-11-2-4-22-5-3-13-32-22/h2-5,8-10,12-13,17,19-21,26-27,30H,6-7,11,14-16H2,1H3. The van der Waals surface area contributed by atoms with Gasteiger partial charge in [0.1, 0.15) is 17.7 Å². The third-order valence-corrected chi connectivity index (χ3v) is 6.92. The Balaban J connectivity index is 1.21. The zero-order valence-corrected chi connectivity index (χ0v) is 18.5. The van der Waals surface area contributed by atoms with Gasteiger partial charge in [0, 0.05) is 42.7 Å². The van der Waals surface area contributed by atoms with E-state index in [9.17, 15) is 5.11 Å². The number of aromatic nitrogens is 1. The lowest BCUT2D eigenvalue weighted by atomic mass is 9.95. The number of benzene rings is 1. The van der Waals surface area contributed by atoms with Crippen LogP contribution in [-0.2, 0) is 6.42 Å². The third-order valence-electron chi connectivity index (χ3n) is 6.92. The smallest absolute Gasteiger partial charge is 0.126 e. The van der Waals surface area contributed by atoms with Crippen molar-refractivity contribution in [1.29, 1.82) is 0 Å². The number of hydrogen-bond donors (Lipinski definition) is 2. The number of aliphatic hydroxyl groups excluding tert-OH is 1. The van der Waals surface area contributed by atoms with Crippen LogP contribution in [0.5, 0.6) is 5.75 Å². The van der Waals surface area contributed by atoms with Gasteiger partial charge in [-0.2, -0.15) is 0 Å². The highest BCUT2D eigenvalue weighted by molar-refractivity contribution is 5.83. The number of aliphatic hydroxyl groups is 1. The first-order valence-electron chi connectivity index (χ1n) is 11.5. The van der Waals surface area contributed by atoms with Gasteiger partial charge in [-0.05, 0) is 73.7 Å². The zero-order valence-electron chi connectivity index (χ0n) is 18.5. The van der Waals surface area contributed by atoms with Gasteiger partial charge in [-0.15, -0.1) is 0 Å².